The summed E-state index contributed by atoms with van der Waals surface area (Å²) in [5.41, 5.74) is 7.95. The molecule has 5 rings (SSSR count). The Bertz CT molecular complexity index is 1720. The number of benzene rings is 5. The van der Waals surface area contributed by atoms with E-state index in [1.165, 1.54) is 22.3 Å². The molecule has 2 N–H and O–H groups in total. The first kappa shape index (κ1) is 32.6. The predicted molar refractivity (Wildman–Crippen MR) is 189 cm³/mol. The average molecular weight is 700 g/mol. The SMILES string of the molecule is CCc1ccc(O)c(N=Cc2cc(I)cc(C)c2O)c1.COc1ccccc1CCc1cc(-c2ccccc2)ccc1OC. The third-order valence-electron chi connectivity index (χ3n) is 7.33. The van der Waals surface area contributed by atoms with E-state index in [2.05, 4.69) is 89.1 Å². The monoisotopic (exact) mass is 699 g/mol. The molecule has 0 amide bonds. The van der Waals surface area contributed by atoms with Gasteiger partial charge in [0, 0.05) is 15.3 Å². The molecule has 0 saturated carbocycles. The summed E-state index contributed by atoms with van der Waals surface area (Å²) in [5, 5.41) is 19.8. The van der Waals surface area contributed by atoms with Gasteiger partial charge in [-0.25, -0.2) is 0 Å². The van der Waals surface area contributed by atoms with Crippen molar-refractivity contribution < 1.29 is 19.7 Å². The summed E-state index contributed by atoms with van der Waals surface area (Å²) in [6, 6.07) is 34.1. The number of halogens is 1. The van der Waals surface area contributed by atoms with Crippen LogP contribution in [0.4, 0.5) is 5.69 Å². The molecule has 0 atom stereocenters. The van der Waals surface area contributed by atoms with Gasteiger partial charge in [0.15, 0.2) is 0 Å². The molecule has 0 spiro atoms. The van der Waals surface area contributed by atoms with Crippen LogP contribution in [-0.4, -0.2) is 30.6 Å². The van der Waals surface area contributed by atoms with Crippen LogP contribution in [0.5, 0.6) is 23.0 Å². The second-order valence-electron chi connectivity index (χ2n) is 10.3. The van der Waals surface area contributed by atoms with E-state index in [4.69, 9.17) is 9.47 Å². The molecule has 0 aliphatic heterocycles. The molecule has 6 heteroatoms. The molecule has 0 aliphatic carbocycles. The van der Waals surface area contributed by atoms with Gasteiger partial charge in [-0.1, -0.05) is 67.6 Å². The summed E-state index contributed by atoms with van der Waals surface area (Å²) < 4.78 is 12.0. The lowest BCUT2D eigenvalue weighted by atomic mass is 9.98. The van der Waals surface area contributed by atoms with Crippen molar-refractivity contribution in [2.75, 3.05) is 14.2 Å². The molecule has 0 saturated heterocycles. The standard InChI is InChI=1S/C22H22O2.C16H16INO2/c1-23-21-11-7-6-10-18(21)12-13-20-16-19(14-15-22(20)24-2)17-8-4-3-5-9-17;1-3-11-4-5-15(19)14(7-11)18-9-12-8-13(17)6-10(2)16(12)20/h3-11,14-16H,12-13H2,1-2H3;4-9,19-20H,3H2,1-2H3. The minimum absolute atomic E-state index is 0.139. The summed E-state index contributed by atoms with van der Waals surface area (Å²) in [6.07, 6.45) is 4.29. The van der Waals surface area contributed by atoms with Crippen LogP contribution in [0.1, 0.15) is 34.7 Å². The number of nitrogens with zero attached hydrogens (tertiary/aromatic N) is 1. The summed E-state index contributed by atoms with van der Waals surface area (Å²) in [6.45, 7) is 3.90. The van der Waals surface area contributed by atoms with E-state index in [9.17, 15) is 10.2 Å². The maximum absolute atomic E-state index is 10.0. The van der Waals surface area contributed by atoms with Gasteiger partial charge in [0.05, 0.1) is 14.2 Å². The first-order chi connectivity index (χ1) is 21.3. The second-order valence-corrected chi connectivity index (χ2v) is 11.5. The Morgan fingerprint density at radius 3 is 2.14 bits per heavy atom. The van der Waals surface area contributed by atoms with Crippen molar-refractivity contribution in [3.05, 3.63) is 135 Å². The highest BCUT2D eigenvalue weighted by Crippen LogP contribution is 2.30. The molecule has 5 aromatic rings. The van der Waals surface area contributed by atoms with E-state index in [1.54, 1.807) is 26.5 Å². The first-order valence-electron chi connectivity index (χ1n) is 14.5. The summed E-state index contributed by atoms with van der Waals surface area (Å²) in [4.78, 5) is 4.29. The van der Waals surface area contributed by atoms with Crippen molar-refractivity contribution in [2.24, 2.45) is 4.99 Å². The number of aromatic hydroxyl groups is 2. The van der Waals surface area contributed by atoms with E-state index >= 15 is 0 Å². The van der Waals surface area contributed by atoms with Crippen molar-refractivity contribution in [1.82, 2.24) is 0 Å². The Hall–Kier alpha value is -4.30. The minimum Gasteiger partial charge on any atom is -0.507 e. The molecule has 0 radical (unpaired) electrons. The molecular weight excluding hydrogens is 661 g/mol. The summed E-state index contributed by atoms with van der Waals surface area (Å²) in [5.74, 6) is 2.24. The quantitative estimate of drug-likeness (QED) is 0.119. The van der Waals surface area contributed by atoms with Gasteiger partial charge < -0.3 is 19.7 Å². The molecule has 0 aliphatic rings. The highest BCUT2D eigenvalue weighted by molar-refractivity contribution is 14.1. The Kier molecular flexibility index (Phi) is 11.8. The highest BCUT2D eigenvalue weighted by Gasteiger charge is 2.09. The van der Waals surface area contributed by atoms with Crippen molar-refractivity contribution in [2.45, 2.75) is 33.1 Å². The molecule has 5 aromatic carbocycles. The normalized spacial score (nSPS) is 10.8. The van der Waals surface area contributed by atoms with Crippen molar-refractivity contribution in [3.8, 4) is 34.1 Å². The minimum atomic E-state index is 0.139. The fourth-order valence-corrected chi connectivity index (χ4v) is 5.66. The zero-order chi connectivity index (χ0) is 31.5. The van der Waals surface area contributed by atoms with Crippen LogP contribution in [0.3, 0.4) is 0 Å². The largest absolute Gasteiger partial charge is 0.507 e. The van der Waals surface area contributed by atoms with Gasteiger partial charge in [0.2, 0.25) is 0 Å². The average Bonchev–Trinajstić information content (AvgIpc) is 3.06. The molecule has 5 nitrogen and oxygen atoms in total. The Balaban J connectivity index is 0.000000204. The van der Waals surface area contributed by atoms with E-state index in [0.29, 0.717) is 11.3 Å². The molecule has 0 bridgehead atoms. The highest BCUT2D eigenvalue weighted by atomic mass is 127. The topological polar surface area (TPSA) is 71.3 Å². The smallest absolute Gasteiger partial charge is 0.141 e. The number of aryl methyl sites for hydroxylation is 4. The Morgan fingerprint density at radius 2 is 1.41 bits per heavy atom. The third-order valence-corrected chi connectivity index (χ3v) is 7.95. The van der Waals surface area contributed by atoms with E-state index in [1.807, 2.05) is 49.4 Å². The zero-order valence-corrected chi connectivity index (χ0v) is 27.7. The number of hydrogen-bond acceptors (Lipinski definition) is 5. The van der Waals surface area contributed by atoms with Crippen LogP contribution < -0.4 is 9.47 Å². The predicted octanol–water partition coefficient (Wildman–Crippen LogP) is 9.48. The molecule has 44 heavy (non-hydrogen) atoms. The van der Waals surface area contributed by atoms with Crippen molar-refractivity contribution >= 4 is 34.5 Å². The van der Waals surface area contributed by atoms with E-state index in [-0.39, 0.29) is 11.5 Å². The van der Waals surface area contributed by atoms with Crippen LogP contribution in [-0.2, 0) is 19.3 Å². The number of ether oxygens (including phenoxy) is 2. The van der Waals surface area contributed by atoms with Gasteiger partial charge in [0.1, 0.15) is 28.7 Å². The van der Waals surface area contributed by atoms with Crippen LogP contribution in [0.25, 0.3) is 11.1 Å². The molecule has 0 aromatic heterocycles. The number of methoxy groups -OCH3 is 2. The molecule has 0 unspecified atom stereocenters. The lowest BCUT2D eigenvalue weighted by Gasteiger charge is -2.12. The third kappa shape index (κ3) is 8.63. The van der Waals surface area contributed by atoms with Crippen LogP contribution in [0, 0.1) is 10.5 Å². The number of para-hydroxylation sites is 1. The van der Waals surface area contributed by atoms with E-state index in [0.717, 1.165) is 45.5 Å². The molecular formula is C38H38INO4. The number of hydrogen-bond donors (Lipinski definition) is 2. The van der Waals surface area contributed by atoms with Gasteiger partial charge in [-0.05, 0) is 125 Å². The fourth-order valence-electron chi connectivity index (χ4n) is 4.85. The number of phenols is 2. The van der Waals surface area contributed by atoms with Crippen LogP contribution >= 0.6 is 22.6 Å². The van der Waals surface area contributed by atoms with Crippen LogP contribution in [0.15, 0.2) is 108 Å². The van der Waals surface area contributed by atoms with Gasteiger partial charge in [0.25, 0.3) is 0 Å². The first-order valence-corrected chi connectivity index (χ1v) is 15.6. The fraction of sp³-hybridized carbons (Fsp3) is 0.184. The maximum atomic E-state index is 10.0. The lowest BCUT2D eigenvalue weighted by Crippen LogP contribution is -1.98. The second kappa shape index (κ2) is 16.0. The van der Waals surface area contributed by atoms with Gasteiger partial charge in [-0.15, -0.1) is 0 Å². The number of aliphatic imine (C=N–C) groups is 1. The summed E-state index contributed by atoms with van der Waals surface area (Å²) >= 11 is 2.20. The van der Waals surface area contributed by atoms with Gasteiger partial charge in [-0.3, -0.25) is 4.99 Å². The molecule has 0 fully saturated rings. The number of rotatable bonds is 9. The summed E-state index contributed by atoms with van der Waals surface area (Å²) in [7, 11) is 3.44. The van der Waals surface area contributed by atoms with Crippen molar-refractivity contribution in [1.29, 1.82) is 0 Å². The van der Waals surface area contributed by atoms with Gasteiger partial charge in [-0.2, -0.15) is 0 Å². The molecule has 0 heterocycles. The van der Waals surface area contributed by atoms with Crippen LogP contribution in [0.2, 0.25) is 0 Å². The Morgan fingerprint density at radius 1 is 0.727 bits per heavy atom. The Labute approximate surface area is 274 Å². The van der Waals surface area contributed by atoms with Crippen molar-refractivity contribution in [3.63, 3.8) is 0 Å². The lowest BCUT2D eigenvalue weighted by molar-refractivity contribution is 0.406. The number of phenolic OH excluding ortho intramolecular Hbond substituents is 2. The molecule has 226 valence electrons. The van der Waals surface area contributed by atoms with E-state index < -0.39 is 0 Å². The zero-order valence-electron chi connectivity index (χ0n) is 25.5. The maximum Gasteiger partial charge on any atom is 0.141 e. The van der Waals surface area contributed by atoms with Gasteiger partial charge >= 0.3 is 0 Å².